The molecule has 234 valence electrons. The fraction of sp³-hybridized carbons (Fsp3) is 0. The predicted molar refractivity (Wildman–Crippen MR) is 202 cm³/mol. The molecule has 7 aromatic carbocycles. The van der Waals surface area contributed by atoms with Crippen molar-refractivity contribution in [3.05, 3.63) is 164 Å². The topological polar surface area (TPSA) is 65.0 Å². The molecule has 0 spiro atoms. The van der Waals surface area contributed by atoms with Gasteiger partial charge in [-0.05, 0) is 47.0 Å². The Kier molecular flexibility index (Phi) is 4.67. The average Bonchev–Trinajstić information content (AvgIpc) is 3.85. The molecule has 0 fully saturated rings. The summed E-state index contributed by atoms with van der Waals surface area (Å²) >= 11 is 0. The van der Waals surface area contributed by atoms with Crippen LogP contribution in [0, 0.1) is 0 Å². The molecule has 0 amide bonds. The van der Waals surface area contributed by atoms with Crippen molar-refractivity contribution in [1.82, 2.24) is 15.0 Å². The second-order valence-corrected chi connectivity index (χ2v) is 11.7. The molecule has 0 aliphatic carbocycles. The molecule has 0 unspecified atom stereocenters. The summed E-state index contributed by atoms with van der Waals surface area (Å²) in [5.74, 6) is 1.14. The van der Waals surface area contributed by atoms with Crippen molar-refractivity contribution in [2.24, 2.45) is 0 Å². The van der Waals surface area contributed by atoms with E-state index in [9.17, 15) is 2.74 Å². The van der Waals surface area contributed by atoms with Gasteiger partial charge >= 0.3 is 0 Å². The van der Waals surface area contributed by atoms with Gasteiger partial charge in [0.15, 0.2) is 17.5 Å². The lowest BCUT2D eigenvalue weighted by Gasteiger charge is -2.11. The zero-order chi connectivity index (χ0) is 40.9. The Morgan fingerprint density at radius 3 is 1.70 bits per heavy atom. The monoisotopic (exact) mass is 650 g/mol. The predicted octanol–water partition coefficient (Wildman–Crippen LogP) is 12.0. The molecule has 10 aromatic rings. The molecule has 5 heteroatoms. The Labute approximate surface area is 299 Å². The number of furan rings is 2. The van der Waals surface area contributed by atoms with Crippen LogP contribution in [0.5, 0.6) is 0 Å². The van der Waals surface area contributed by atoms with E-state index >= 15 is 0 Å². The smallest absolute Gasteiger partial charge is 0.164 e. The van der Waals surface area contributed by atoms with Crippen molar-refractivity contribution in [3.8, 4) is 56.4 Å². The van der Waals surface area contributed by atoms with Crippen LogP contribution in [0.25, 0.3) is 100 Å². The summed E-state index contributed by atoms with van der Waals surface area (Å²) in [4.78, 5) is 15.1. The van der Waals surface area contributed by atoms with E-state index in [1.54, 1.807) is 18.2 Å². The first kappa shape index (κ1) is 20.5. The molecule has 0 saturated carbocycles. The van der Waals surface area contributed by atoms with E-state index in [4.69, 9.17) is 33.4 Å². The maximum Gasteiger partial charge on any atom is 0.164 e. The van der Waals surface area contributed by atoms with Crippen LogP contribution in [0.2, 0.25) is 0 Å². The summed E-state index contributed by atoms with van der Waals surface area (Å²) in [7, 11) is 0. The Bertz CT molecular complexity index is 3340. The molecule has 0 radical (unpaired) electrons. The molecule has 0 saturated heterocycles. The number of nitrogens with zero attached hydrogens (tertiary/aromatic N) is 3. The van der Waals surface area contributed by atoms with Gasteiger partial charge < -0.3 is 8.83 Å². The van der Waals surface area contributed by atoms with Crippen molar-refractivity contribution in [1.29, 1.82) is 0 Å². The third-order valence-electron chi connectivity index (χ3n) is 8.72. The molecule has 0 aliphatic rings. The molecule has 3 heterocycles. The molecule has 10 rings (SSSR count). The van der Waals surface area contributed by atoms with E-state index in [1.807, 2.05) is 91.0 Å². The number of benzene rings is 7. The van der Waals surface area contributed by atoms with Crippen LogP contribution in [-0.4, -0.2) is 15.0 Å². The van der Waals surface area contributed by atoms with Crippen LogP contribution >= 0.6 is 0 Å². The van der Waals surface area contributed by atoms with Gasteiger partial charge in [0.1, 0.15) is 22.3 Å². The van der Waals surface area contributed by atoms with Gasteiger partial charge in [-0.3, -0.25) is 0 Å². The van der Waals surface area contributed by atoms with Crippen molar-refractivity contribution >= 4 is 43.9 Å². The number of para-hydroxylation sites is 2. The first-order chi connectivity index (χ1) is 28.5. The van der Waals surface area contributed by atoms with Gasteiger partial charge in [-0.2, -0.15) is 0 Å². The molecule has 0 atom stereocenters. The van der Waals surface area contributed by atoms with Crippen LogP contribution in [0.3, 0.4) is 0 Å². The molecular weight excluding hydrogens is 615 g/mol. The minimum Gasteiger partial charge on any atom is -0.456 e. The largest absolute Gasteiger partial charge is 0.456 e. The molecule has 3 aromatic heterocycles. The zero-order valence-corrected chi connectivity index (χ0v) is 26.1. The zero-order valence-electron chi connectivity index (χ0n) is 35.1. The van der Waals surface area contributed by atoms with Crippen molar-refractivity contribution < 1.29 is 21.2 Å². The van der Waals surface area contributed by atoms with Gasteiger partial charge in [0.25, 0.3) is 0 Å². The quantitative estimate of drug-likeness (QED) is 0.185. The van der Waals surface area contributed by atoms with Gasteiger partial charge in [0, 0.05) is 43.8 Å². The van der Waals surface area contributed by atoms with Gasteiger partial charge in [0.05, 0.1) is 12.3 Å². The third kappa shape index (κ3) is 4.60. The summed E-state index contributed by atoms with van der Waals surface area (Å²) in [5.41, 5.74) is 3.55. The fourth-order valence-corrected chi connectivity index (χ4v) is 6.45. The van der Waals surface area contributed by atoms with E-state index in [-0.39, 0.29) is 16.7 Å². The lowest BCUT2D eigenvalue weighted by Crippen LogP contribution is -2.01. The standard InChI is InChI=1S/C45H27N3O2/c1-3-12-28(13-4-1)29-22-24-30(25-23-29)32-26-27-36(41-34-17-8-10-20-38(34)50-42(32)41)45-47-43(31-14-5-2-6-15-31)46-44(48-45)35-18-11-21-39-40(35)33-16-7-9-19-37(33)49-39/h1-27H/i1D,3D,4D,12D,13D,22D,23D,24D,25D. The highest BCUT2D eigenvalue weighted by Gasteiger charge is 2.22. The fourth-order valence-electron chi connectivity index (χ4n) is 6.45. The normalized spacial score (nSPS) is 14.1. The van der Waals surface area contributed by atoms with Gasteiger partial charge in [0.2, 0.25) is 0 Å². The van der Waals surface area contributed by atoms with Gasteiger partial charge in [-0.1, -0.05) is 133 Å². The summed E-state index contributed by atoms with van der Waals surface area (Å²) in [6, 6.07) is 28.6. The van der Waals surface area contributed by atoms with E-state index in [0.717, 1.165) is 27.5 Å². The van der Waals surface area contributed by atoms with Crippen molar-refractivity contribution in [3.63, 3.8) is 0 Å². The highest BCUT2D eigenvalue weighted by molar-refractivity contribution is 6.16. The summed E-state index contributed by atoms with van der Waals surface area (Å²) in [6.07, 6.45) is 0. The lowest BCUT2D eigenvalue weighted by molar-refractivity contribution is 0.669. The van der Waals surface area contributed by atoms with E-state index in [0.29, 0.717) is 45.0 Å². The first-order valence-electron chi connectivity index (χ1n) is 20.4. The highest BCUT2D eigenvalue weighted by Crippen LogP contribution is 2.42. The Morgan fingerprint density at radius 2 is 0.940 bits per heavy atom. The number of aromatic nitrogens is 3. The molecular formula is C45H27N3O2. The molecule has 5 nitrogen and oxygen atoms in total. The first-order valence-corrected chi connectivity index (χ1v) is 15.9. The molecule has 0 bridgehead atoms. The van der Waals surface area contributed by atoms with Crippen LogP contribution < -0.4 is 0 Å². The molecule has 0 N–H and O–H groups in total. The Morgan fingerprint density at radius 1 is 0.380 bits per heavy atom. The second-order valence-electron chi connectivity index (χ2n) is 11.7. The number of hydrogen-bond donors (Lipinski definition) is 0. The van der Waals surface area contributed by atoms with E-state index < -0.39 is 65.5 Å². The highest BCUT2D eigenvalue weighted by atomic mass is 16.3. The Balaban J connectivity index is 1.24. The van der Waals surface area contributed by atoms with Crippen molar-refractivity contribution in [2.45, 2.75) is 0 Å². The maximum absolute atomic E-state index is 9.21. The van der Waals surface area contributed by atoms with Crippen LogP contribution in [-0.2, 0) is 0 Å². The minimum absolute atomic E-state index is 0.0912. The van der Waals surface area contributed by atoms with Crippen LogP contribution in [0.4, 0.5) is 0 Å². The van der Waals surface area contributed by atoms with E-state index in [2.05, 4.69) is 0 Å². The van der Waals surface area contributed by atoms with Gasteiger partial charge in [-0.15, -0.1) is 0 Å². The molecule has 50 heavy (non-hydrogen) atoms. The lowest BCUT2D eigenvalue weighted by atomic mass is 9.96. The van der Waals surface area contributed by atoms with Crippen molar-refractivity contribution in [2.75, 3.05) is 0 Å². The number of hydrogen-bond acceptors (Lipinski definition) is 5. The second kappa shape index (κ2) is 11.4. The molecule has 0 aliphatic heterocycles. The summed E-state index contributed by atoms with van der Waals surface area (Å²) in [6.45, 7) is 0. The maximum atomic E-state index is 9.21. The average molecular weight is 651 g/mol. The van der Waals surface area contributed by atoms with Crippen LogP contribution in [0.1, 0.15) is 12.3 Å². The van der Waals surface area contributed by atoms with E-state index in [1.165, 1.54) is 0 Å². The number of rotatable bonds is 5. The van der Waals surface area contributed by atoms with Gasteiger partial charge in [-0.25, -0.2) is 15.0 Å². The van der Waals surface area contributed by atoms with Crippen LogP contribution in [0.15, 0.2) is 172 Å². The SMILES string of the molecule is [2H]c1c([2H])c([2H])c(-c2c([2H])c([2H])c(-c3ccc(-c4nc(-c5ccccc5)nc(-c5cccc6oc7ccccc7c56)n4)c4c3oc3ccccc34)c([2H])c2[2H])c([2H])c1[2H]. The summed E-state index contributed by atoms with van der Waals surface area (Å²) in [5, 5.41) is 3.01. The summed E-state index contributed by atoms with van der Waals surface area (Å²) < 4.78 is 90.6. The number of fused-ring (bicyclic) bond motifs is 6. The Hall–Kier alpha value is -6.85. The minimum atomic E-state index is -0.645. The third-order valence-corrected chi connectivity index (χ3v) is 8.72.